The molecule has 1 amide bonds. The molecule has 1 aromatic rings. The van der Waals surface area contributed by atoms with Crippen molar-refractivity contribution >= 4 is 11.7 Å². The van der Waals surface area contributed by atoms with Crippen molar-refractivity contribution in [3.8, 4) is 0 Å². The minimum absolute atomic E-state index is 0.173. The molecule has 1 aromatic carbocycles. The molecule has 0 bridgehead atoms. The van der Waals surface area contributed by atoms with Crippen LogP contribution < -0.4 is 5.73 Å². The quantitative estimate of drug-likeness (QED) is 0.566. The number of benzene rings is 1. The number of ether oxygens (including phenoxy) is 1. The zero-order chi connectivity index (χ0) is 21.1. The number of nitro groups is 1. The zero-order valence-electron chi connectivity index (χ0n) is 16.6. The highest BCUT2D eigenvalue weighted by Gasteiger charge is 2.51. The van der Waals surface area contributed by atoms with Gasteiger partial charge in [-0.25, -0.2) is 9.18 Å². The van der Waals surface area contributed by atoms with E-state index in [4.69, 9.17) is 10.5 Å². The molecule has 1 aliphatic rings. The van der Waals surface area contributed by atoms with Crippen LogP contribution in [0.3, 0.4) is 0 Å². The van der Waals surface area contributed by atoms with Gasteiger partial charge in [-0.3, -0.25) is 10.1 Å². The van der Waals surface area contributed by atoms with Crippen molar-refractivity contribution in [1.29, 1.82) is 0 Å². The Bertz CT molecular complexity index is 818. The maximum Gasteiger partial charge on any atom is 0.405 e. The van der Waals surface area contributed by atoms with E-state index in [9.17, 15) is 14.9 Å². The molecule has 1 unspecified atom stereocenters. The SMILES string of the molecule is CN(C)CC1=C(c2ccccc2)C=C([N+](=O)[O-])C(F)(CC(C)(C)OC(N)=O)C1. The molecule has 28 heavy (non-hydrogen) atoms. The maximum atomic E-state index is 16.0. The second kappa shape index (κ2) is 8.10. The summed E-state index contributed by atoms with van der Waals surface area (Å²) in [6, 6.07) is 9.18. The van der Waals surface area contributed by atoms with Gasteiger partial charge in [0, 0.05) is 25.5 Å². The molecule has 2 N–H and O–H groups in total. The lowest BCUT2D eigenvalue weighted by molar-refractivity contribution is -0.442. The fourth-order valence-electron chi connectivity index (χ4n) is 3.67. The highest BCUT2D eigenvalue weighted by molar-refractivity contribution is 5.79. The second-order valence-corrected chi connectivity index (χ2v) is 7.91. The largest absolute Gasteiger partial charge is 0.444 e. The molecule has 0 saturated carbocycles. The summed E-state index contributed by atoms with van der Waals surface area (Å²) in [6.45, 7) is 3.41. The monoisotopic (exact) mass is 391 g/mol. The molecular formula is C20H26FN3O4. The Morgan fingerprint density at radius 2 is 1.96 bits per heavy atom. The number of primary amides is 1. The fourth-order valence-corrected chi connectivity index (χ4v) is 3.67. The van der Waals surface area contributed by atoms with Crippen molar-refractivity contribution in [2.24, 2.45) is 5.73 Å². The van der Waals surface area contributed by atoms with E-state index in [0.29, 0.717) is 12.1 Å². The first kappa shape index (κ1) is 21.6. The van der Waals surface area contributed by atoms with Gasteiger partial charge in [0.05, 0.1) is 4.92 Å². The highest BCUT2D eigenvalue weighted by atomic mass is 19.1. The smallest absolute Gasteiger partial charge is 0.405 e. The molecule has 0 spiro atoms. The van der Waals surface area contributed by atoms with Crippen LogP contribution >= 0.6 is 0 Å². The van der Waals surface area contributed by atoms with Gasteiger partial charge in [0.25, 0.3) is 5.70 Å². The Labute approximate surface area is 163 Å². The van der Waals surface area contributed by atoms with Crippen LogP contribution in [0.1, 0.15) is 32.3 Å². The average Bonchev–Trinajstić information content (AvgIpc) is 2.52. The number of likely N-dealkylation sites (N-methyl/N-ethyl adjacent to an activating group) is 1. The normalized spacial score (nSPS) is 20.1. The lowest BCUT2D eigenvalue weighted by atomic mass is 9.77. The lowest BCUT2D eigenvalue weighted by Crippen LogP contribution is -2.43. The van der Waals surface area contributed by atoms with Crippen molar-refractivity contribution in [3.05, 3.63) is 63.4 Å². The molecule has 1 aliphatic carbocycles. The van der Waals surface area contributed by atoms with E-state index in [1.54, 1.807) is 0 Å². The van der Waals surface area contributed by atoms with E-state index < -0.39 is 28.0 Å². The number of nitrogens with two attached hydrogens (primary N) is 1. The molecule has 0 aliphatic heterocycles. The Hall–Kier alpha value is -2.74. The van der Waals surface area contributed by atoms with Gasteiger partial charge in [-0.1, -0.05) is 30.3 Å². The minimum Gasteiger partial charge on any atom is -0.444 e. The second-order valence-electron chi connectivity index (χ2n) is 7.91. The molecule has 1 atom stereocenters. The Morgan fingerprint density at radius 3 is 2.46 bits per heavy atom. The summed E-state index contributed by atoms with van der Waals surface area (Å²) in [5, 5.41) is 11.7. The maximum absolute atomic E-state index is 16.0. The number of halogens is 1. The molecular weight excluding hydrogens is 365 g/mol. The summed E-state index contributed by atoms with van der Waals surface area (Å²) in [7, 11) is 3.70. The van der Waals surface area contributed by atoms with E-state index in [1.807, 2.05) is 49.3 Å². The first-order valence-corrected chi connectivity index (χ1v) is 8.90. The molecule has 0 radical (unpaired) electrons. The fraction of sp³-hybridized carbons (Fsp3) is 0.450. The number of carbonyl (C=O) groups excluding carboxylic acids is 1. The Kier molecular flexibility index (Phi) is 6.23. The summed E-state index contributed by atoms with van der Waals surface area (Å²) >= 11 is 0. The minimum atomic E-state index is -2.30. The Balaban J connectivity index is 2.54. The molecule has 0 fully saturated rings. The van der Waals surface area contributed by atoms with Gasteiger partial charge in [-0.05, 0) is 44.7 Å². The van der Waals surface area contributed by atoms with Gasteiger partial charge in [-0.2, -0.15) is 0 Å². The summed E-state index contributed by atoms with van der Waals surface area (Å²) in [5.74, 6) is 0. The van der Waals surface area contributed by atoms with Crippen LogP contribution in [0.5, 0.6) is 0 Å². The molecule has 8 heteroatoms. The van der Waals surface area contributed by atoms with Gasteiger partial charge in [0.2, 0.25) is 5.67 Å². The number of carbonyl (C=O) groups is 1. The standard InChI is InChI=1S/C20H26FN3O4/c1-19(2,28-18(22)25)13-20(21)11-15(12-23(3)4)16(10-17(20)24(26)27)14-8-6-5-7-9-14/h5-10H,11-13H2,1-4H3,(H2,22,25). The van der Waals surface area contributed by atoms with E-state index in [2.05, 4.69) is 0 Å². The number of allylic oxidation sites excluding steroid dienone is 3. The molecule has 7 nitrogen and oxygen atoms in total. The third-order valence-corrected chi connectivity index (χ3v) is 4.49. The van der Waals surface area contributed by atoms with Gasteiger partial charge in [0.1, 0.15) is 5.60 Å². The number of amides is 1. The van der Waals surface area contributed by atoms with Crippen LogP contribution in [0.2, 0.25) is 0 Å². The number of hydrogen-bond donors (Lipinski definition) is 1. The first-order valence-electron chi connectivity index (χ1n) is 8.90. The predicted octanol–water partition coefficient (Wildman–Crippen LogP) is 3.54. The van der Waals surface area contributed by atoms with Crippen molar-refractivity contribution in [1.82, 2.24) is 4.90 Å². The van der Waals surface area contributed by atoms with E-state index in [0.717, 1.165) is 11.1 Å². The van der Waals surface area contributed by atoms with Crippen molar-refractivity contribution < 1.29 is 18.8 Å². The molecule has 0 heterocycles. The van der Waals surface area contributed by atoms with Gasteiger partial charge in [0.15, 0.2) is 0 Å². The van der Waals surface area contributed by atoms with Gasteiger partial charge < -0.3 is 15.4 Å². The highest BCUT2D eigenvalue weighted by Crippen LogP contribution is 2.44. The third-order valence-electron chi connectivity index (χ3n) is 4.49. The third kappa shape index (κ3) is 5.16. The van der Waals surface area contributed by atoms with Crippen molar-refractivity contribution in [3.63, 3.8) is 0 Å². The van der Waals surface area contributed by atoms with E-state index >= 15 is 4.39 Å². The molecule has 0 saturated heterocycles. The summed E-state index contributed by atoms with van der Waals surface area (Å²) in [6.07, 6.45) is -0.300. The first-order chi connectivity index (χ1) is 12.9. The Morgan fingerprint density at radius 1 is 1.36 bits per heavy atom. The lowest BCUT2D eigenvalue weighted by Gasteiger charge is -2.35. The van der Waals surface area contributed by atoms with E-state index in [1.165, 1.54) is 19.9 Å². The topological polar surface area (TPSA) is 98.7 Å². The average molecular weight is 391 g/mol. The van der Waals surface area contributed by atoms with Crippen LogP contribution in [0.4, 0.5) is 9.18 Å². The molecule has 0 aromatic heterocycles. The van der Waals surface area contributed by atoms with Crippen molar-refractivity contribution in [2.75, 3.05) is 20.6 Å². The van der Waals surface area contributed by atoms with Crippen LogP contribution in [0, 0.1) is 10.1 Å². The number of nitrogens with zero attached hydrogens (tertiary/aromatic N) is 2. The summed E-state index contributed by atoms with van der Waals surface area (Å²) in [5.41, 5.74) is 3.08. The summed E-state index contributed by atoms with van der Waals surface area (Å²) in [4.78, 5) is 24.0. The number of rotatable bonds is 7. The van der Waals surface area contributed by atoms with Gasteiger partial charge in [-0.15, -0.1) is 0 Å². The van der Waals surface area contributed by atoms with Gasteiger partial charge >= 0.3 is 6.09 Å². The van der Waals surface area contributed by atoms with E-state index in [-0.39, 0.29) is 12.8 Å². The van der Waals surface area contributed by atoms with Crippen molar-refractivity contribution in [2.45, 2.75) is 38.0 Å². The van der Waals surface area contributed by atoms with Crippen LogP contribution in [-0.2, 0) is 4.74 Å². The van der Waals surface area contributed by atoms with Crippen LogP contribution in [0.15, 0.2) is 47.7 Å². The van der Waals surface area contributed by atoms with Crippen LogP contribution in [0.25, 0.3) is 5.57 Å². The zero-order valence-corrected chi connectivity index (χ0v) is 16.6. The summed E-state index contributed by atoms with van der Waals surface area (Å²) < 4.78 is 21.0. The number of hydrogen-bond acceptors (Lipinski definition) is 5. The predicted molar refractivity (Wildman–Crippen MR) is 105 cm³/mol. The molecule has 2 rings (SSSR count). The number of alkyl halides is 1. The van der Waals surface area contributed by atoms with Crippen LogP contribution in [-0.4, -0.2) is 47.8 Å². The molecule has 152 valence electrons.